The quantitative estimate of drug-likeness (QED) is 0.772. The molecule has 2 nitrogen and oxygen atoms in total. The van der Waals surface area contributed by atoms with Crippen molar-refractivity contribution in [2.24, 2.45) is 5.73 Å². The van der Waals surface area contributed by atoms with Crippen LogP contribution in [0.1, 0.15) is 23.7 Å². The van der Waals surface area contributed by atoms with Crippen molar-refractivity contribution < 1.29 is 0 Å². The molecule has 0 aliphatic heterocycles. The predicted molar refractivity (Wildman–Crippen MR) is 65.1 cm³/mol. The van der Waals surface area contributed by atoms with Crippen LogP contribution >= 0.6 is 0 Å². The third kappa shape index (κ3) is 1.90. The van der Waals surface area contributed by atoms with Gasteiger partial charge in [0.25, 0.3) is 0 Å². The van der Waals surface area contributed by atoms with Crippen molar-refractivity contribution in [3.8, 4) is 0 Å². The second kappa shape index (κ2) is 3.70. The molecule has 0 aliphatic rings. The topological polar surface area (TPSA) is 41.8 Å². The molecule has 0 amide bonds. The molecule has 0 bridgehead atoms. The molecule has 2 heteroatoms. The second-order valence-electron chi connectivity index (χ2n) is 4.46. The zero-order valence-electron chi connectivity index (χ0n) is 9.59. The third-order valence-corrected chi connectivity index (χ3v) is 2.84. The number of fused-ring (bicyclic) bond motifs is 1. The second-order valence-corrected chi connectivity index (χ2v) is 4.46. The van der Waals surface area contributed by atoms with Crippen molar-refractivity contribution in [1.82, 2.24) is 4.98 Å². The average Bonchev–Trinajstić information content (AvgIpc) is 2.44. The van der Waals surface area contributed by atoms with E-state index in [1.807, 2.05) is 6.92 Å². The fraction of sp³-hybridized carbons (Fsp3) is 0.385. The number of nitrogens with one attached hydrogen (secondary N) is 1. The lowest BCUT2D eigenvalue weighted by molar-refractivity contribution is 0.724. The third-order valence-electron chi connectivity index (χ3n) is 2.84. The van der Waals surface area contributed by atoms with E-state index in [1.54, 1.807) is 0 Å². The van der Waals surface area contributed by atoms with Crippen molar-refractivity contribution >= 4 is 10.9 Å². The van der Waals surface area contributed by atoms with Crippen LogP contribution in [0.2, 0.25) is 0 Å². The summed E-state index contributed by atoms with van der Waals surface area (Å²) in [7, 11) is 0. The molecule has 1 unspecified atom stereocenters. The molecule has 0 saturated carbocycles. The van der Waals surface area contributed by atoms with Gasteiger partial charge in [0.15, 0.2) is 0 Å². The van der Waals surface area contributed by atoms with Crippen molar-refractivity contribution in [2.45, 2.75) is 33.2 Å². The van der Waals surface area contributed by atoms with E-state index < -0.39 is 0 Å². The summed E-state index contributed by atoms with van der Waals surface area (Å²) < 4.78 is 0. The fourth-order valence-corrected chi connectivity index (χ4v) is 2.02. The summed E-state index contributed by atoms with van der Waals surface area (Å²) in [6, 6.07) is 6.71. The van der Waals surface area contributed by atoms with Gasteiger partial charge in [0.2, 0.25) is 0 Å². The van der Waals surface area contributed by atoms with Gasteiger partial charge in [-0.05, 0) is 38.5 Å². The van der Waals surface area contributed by atoms with E-state index in [2.05, 4.69) is 37.0 Å². The first-order valence-corrected chi connectivity index (χ1v) is 5.41. The Morgan fingerprint density at radius 1 is 1.33 bits per heavy atom. The Morgan fingerprint density at radius 2 is 2.07 bits per heavy atom. The molecule has 0 aliphatic carbocycles. The standard InChI is InChI=1S/C13H18N2/c1-8-4-5-12-11(6-8)10(3)13(15-12)7-9(2)14/h4-6,9,15H,7,14H2,1-3H3. The first-order chi connectivity index (χ1) is 7.08. The minimum atomic E-state index is 0.206. The molecule has 2 aromatic rings. The maximum Gasteiger partial charge on any atom is 0.0459 e. The zero-order chi connectivity index (χ0) is 11.0. The number of nitrogens with two attached hydrogens (primary N) is 1. The molecule has 0 fully saturated rings. The van der Waals surface area contributed by atoms with Crippen LogP contribution < -0.4 is 5.73 Å². The summed E-state index contributed by atoms with van der Waals surface area (Å²) >= 11 is 0. The summed E-state index contributed by atoms with van der Waals surface area (Å²) in [6.07, 6.45) is 0.916. The van der Waals surface area contributed by atoms with E-state index in [1.165, 1.54) is 27.7 Å². The van der Waals surface area contributed by atoms with Gasteiger partial charge < -0.3 is 10.7 Å². The maximum absolute atomic E-state index is 5.83. The molecule has 0 saturated heterocycles. The Labute approximate surface area is 90.5 Å². The summed E-state index contributed by atoms with van der Waals surface area (Å²) in [5.74, 6) is 0. The molecular weight excluding hydrogens is 184 g/mol. The lowest BCUT2D eigenvalue weighted by atomic mass is 10.1. The number of hydrogen-bond acceptors (Lipinski definition) is 1. The molecule has 1 aromatic heterocycles. The smallest absolute Gasteiger partial charge is 0.0459 e. The van der Waals surface area contributed by atoms with Crippen LogP contribution in [0.25, 0.3) is 10.9 Å². The highest BCUT2D eigenvalue weighted by atomic mass is 14.7. The van der Waals surface area contributed by atoms with Gasteiger partial charge in [-0.3, -0.25) is 0 Å². The van der Waals surface area contributed by atoms with Crippen LogP contribution in [0.15, 0.2) is 18.2 Å². The highest BCUT2D eigenvalue weighted by Crippen LogP contribution is 2.23. The van der Waals surface area contributed by atoms with Gasteiger partial charge in [0, 0.05) is 29.1 Å². The van der Waals surface area contributed by atoms with E-state index in [0.717, 1.165) is 6.42 Å². The van der Waals surface area contributed by atoms with E-state index in [4.69, 9.17) is 5.73 Å². The number of H-pyrrole nitrogens is 1. The largest absolute Gasteiger partial charge is 0.358 e. The predicted octanol–water partition coefficient (Wildman–Crippen LogP) is 2.67. The van der Waals surface area contributed by atoms with Gasteiger partial charge in [-0.25, -0.2) is 0 Å². The van der Waals surface area contributed by atoms with Crippen LogP contribution in [0, 0.1) is 13.8 Å². The maximum atomic E-state index is 5.83. The van der Waals surface area contributed by atoms with E-state index in [0.29, 0.717) is 0 Å². The Kier molecular flexibility index (Phi) is 2.53. The number of hydrogen-bond donors (Lipinski definition) is 2. The summed E-state index contributed by atoms with van der Waals surface area (Å²) in [5.41, 5.74) is 11.0. The SMILES string of the molecule is Cc1ccc2[nH]c(CC(C)N)c(C)c2c1. The van der Waals surface area contributed by atoms with E-state index in [9.17, 15) is 0 Å². The molecule has 1 aromatic carbocycles. The molecular formula is C13H18N2. The van der Waals surface area contributed by atoms with Crippen molar-refractivity contribution in [3.63, 3.8) is 0 Å². The summed E-state index contributed by atoms with van der Waals surface area (Å²) in [4.78, 5) is 3.44. The van der Waals surface area contributed by atoms with Gasteiger partial charge >= 0.3 is 0 Å². The number of benzene rings is 1. The lowest BCUT2D eigenvalue weighted by Gasteiger charge is -2.03. The minimum absolute atomic E-state index is 0.206. The van der Waals surface area contributed by atoms with Crippen LogP contribution in [-0.2, 0) is 6.42 Å². The number of aryl methyl sites for hydroxylation is 2. The Hall–Kier alpha value is -1.28. The van der Waals surface area contributed by atoms with Crippen molar-refractivity contribution in [2.75, 3.05) is 0 Å². The molecule has 80 valence electrons. The molecule has 0 radical (unpaired) electrons. The van der Waals surface area contributed by atoms with Gasteiger partial charge in [0.1, 0.15) is 0 Å². The van der Waals surface area contributed by atoms with Crippen LogP contribution in [-0.4, -0.2) is 11.0 Å². The van der Waals surface area contributed by atoms with Gasteiger partial charge in [-0.15, -0.1) is 0 Å². The highest BCUT2D eigenvalue weighted by molar-refractivity contribution is 5.85. The molecule has 1 heterocycles. The normalized spacial score (nSPS) is 13.3. The average molecular weight is 202 g/mol. The molecule has 3 N–H and O–H groups in total. The summed E-state index contributed by atoms with van der Waals surface area (Å²) in [5, 5.41) is 1.32. The van der Waals surface area contributed by atoms with Crippen LogP contribution in [0.5, 0.6) is 0 Å². The number of aromatic nitrogens is 1. The zero-order valence-corrected chi connectivity index (χ0v) is 9.59. The Morgan fingerprint density at radius 3 is 2.73 bits per heavy atom. The Bertz CT molecular complexity index is 480. The summed E-state index contributed by atoms with van der Waals surface area (Å²) in [6.45, 7) is 6.32. The monoisotopic (exact) mass is 202 g/mol. The van der Waals surface area contributed by atoms with Crippen molar-refractivity contribution in [1.29, 1.82) is 0 Å². The van der Waals surface area contributed by atoms with Crippen LogP contribution in [0.3, 0.4) is 0 Å². The first kappa shape index (κ1) is 10.2. The number of rotatable bonds is 2. The van der Waals surface area contributed by atoms with Gasteiger partial charge in [0.05, 0.1) is 0 Å². The minimum Gasteiger partial charge on any atom is -0.358 e. The first-order valence-electron chi connectivity index (χ1n) is 5.41. The fourth-order valence-electron chi connectivity index (χ4n) is 2.02. The van der Waals surface area contributed by atoms with Crippen molar-refractivity contribution in [3.05, 3.63) is 35.0 Å². The van der Waals surface area contributed by atoms with E-state index >= 15 is 0 Å². The molecule has 1 atom stereocenters. The molecule has 2 rings (SSSR count). The van der Waals surface area contributed by atoms with Crippen LogP contribution in [0.4, 0.5) is 0 Å². The van der Waals surface area contributed by atoms with E-state index in [-0.39, 0.29) is 6.04 Å². The van der Waals surface area contributed by atoms with Gasteiger partial charge in [-0.1, -0.05) is 11.6 Å². The Balaban J connectivity index is 2.54. The molecule has 15 heavy (non-hydrogen) atoms. The molecule has 0 spiro atoms. The highest BCUT2D eigenvalue weighted by Gasteiger charge is 2.08. The van der Waals surface area contributed by atoms with Gasteiger partial charge in [-0.2, -0.15) is 0 Å². The lowest BCUT2D eigenvalue weighted by Crippen LogP contribution is -2.18. The number of aromatic amines is 1.